The highest BCUT2D eigenvalue weighted by Gasteiger charge is 2.71. The van der Waals surface area contributed by atoms with E-state index in [-0.39, 0.29) is 31.2 Å². The fourth-order valence-electron chi connectivity index (χ4n) is 7.31. The van der Waals surface area contributed by atoms with Crippen molar-refractivity contribution in [1.82, 2.24) is 4.90 Å². The van der Waals surface area contributed by atoms with Gasteiger partial charge in [-0.25, -0.2) is 4.79 Å². The molecule has 5 atom stereocenters. The first-order valence-electron chi connectivity index (χ1n) is 15.8. The molecule has 1 aromatic rings. The highest BCUT2D eigenvalue weighted by atomic mass is 16.6. The number of rotatable bonds is 9. The zero-order valence-corrected chi connectivity index (χ0v) is 27.6. The summed E-state index contributed by atoms with van der Waals surface area (Å²) in [7, 11) is 1.99. The largest absolute Gasteiger partial charge is 0.481 e. The highest BCUT2D eigenvalue weighted by Crippen LogP contribution is 2.64. The smallest absolute Gasteiger partial charge is 0.348 e. The van der Waals surface area contributed by atoms with Gasteiger partial charge in [0.1, 0.15) is 22.7 Å². The molecule has 46 heavy (non-hydrogen) atoms. The molecule has 2 aliphatic heterocycles. The molecule has 1 fully saturated rings. The van der Waals surface area contributed by atoms with Crippen molar-refractivity contribution in [3.63, 3.8) is 0 Å². The number of likely N-dealkylation sites (N-methyl/N-ethyl adjacent to an activating group) is 1. The summed E-state index contributed by atoms with van der Waals surface area (Å²) in [6.45, 7) is 10.4. The third-order valence-corrected chi connectivity index (χ3v) is 9.11. The van der Waals surface area contributed by atoms with Crippen molar-refractivity contribution in [2.75, 3.05) is 13.6 Å². The monoisotopic (exact) mass is 643 g/mol. The van der Waals surface area contributed by atoms with Crippen molar-refractivity contribution in [3.05, 3.63) is 40.7 Å². The second-order valence-corrected chi connectivity index (χ2v) is 14.7. The van der Waals surface area contributed by atoms with Crippen molar-refractivity contribution < 1.29 is 53.1 Å². The van der Waals surface area contributed by atoms with Crippen molar-refractivity contribution in [1.29, 1.82) is 0 Å². The lowest BCUT2D eigenvalue weighted by atomic mass is 9.50. The Labute approximate surface area is 268 Å². The first-order chi connectivity index (χ1) is 21.4. The molecule has 1 saturated heterocycles. The molecule has 0 amide bonds. The van der Waals surface area contributed by atoms with Crippen LogP contribution in [0.3, 0.4) is 0 Å². The average molecular weight is 644 g/mol. The van der Waals surface area contributed by atoms with Crippen molar-refractivity contribution >= 4 is 23.9 Å². The molecule has 0 unspecified atom stereocenters. The summed E-state index contributed by atoms with van der Waals surface area (Å²) in [5, 5.41) is 22.4. The minimum atomic E-state index is -1.56. The van der Waals surface area contributed by atoms with Crippen LogP contribution in [0.2, 0.25) is 0 Å². The van der Waals surface area contributed by atoms with Crippen LogP contribution >= 0.6 is 0 Å². The van der Waals surface area contributed by atoms with Crippen LogP contribution in [0.25, 0.3) is 0 Å². The van der Waals surface area contributed by atoms with E-state index < -0.39 is 71.1 Å². The Balaban J connectivity index is 1.28. The molecule has 2 bridgehead atoms. The molecular weight excluding hydrogens is 598 g/mol. The number of esters is 4. The Hall–Kier alpha value is -3.48. The zero-order chi connectivity index (χ0) is 33.8. The summed E-state index contributed by atoms with van der Waals surface area (Å²) in [5.74, 6) is -2.50. The number of nitrogens with zero attached hydrogens (tertiary/aromatic N) is 1. The summed E-state index contributed by atoms with van der Waals surface area (Å²) in [5.41, 5.74) is -1.25. The molecule has 1 spiro atoms. The molecule has 2 aliphatic carbocycles. The van der Waals surface area contributed by atoms with Crippen LogP contribution in [-0.2, 0) is 56.6 Å². The molecule has 12 heteroatoms. The number of ether oxygens (including phenoxy) is 5. The fraction of sp³-hybridized carbons (Fsp3) is 0.647. The second kappa shape index (κ2) is 12.0. The van der Waals surface area contributed by atoms with Gasteiger partial charge in [-0.2, -0.15) is 0 Å². The number of likely N-dealkylation sites (tertiary alicyclic amines) is 1. The van der Waals surface area contributed by atoms with E-state index in [0.29, 0.717) is 30.7 Å². The molecule has 0 aromatic heterocycles. The molecule has 5 rings (SSSR count). The number of aliphatic hydroxyl groups is 2. The number of piperidine rings is 1. The Bertz CT molecular complexity index is 1450. The van der Waals surface area contributed by atoms with E-state index in [4.69, 9.17) is 23.7 Å². The van der Waals surface area contributed by atoms with Gasteiger partial charge in [0.15, 0.2) is 6.10 Å². The first-order valence-corrected chi connectivity index (χ1v) is 15.8. The molecule has 1 aromatic carbocycles. The lowest BCUT2D eigenvalue weighted by molar-refractivity contribution is -0.181. The maximum absolute atomic E-state index is 13.1. The van der Waals surface area contributed by atoms with Crippen LogP contribution in [0, 0.1) is 0 Å². The van der Waals surface area contributed by atoms with Crippen LogP contribution in [0.4, 0.5) is 0 Å². The van der Waals surface area contributed by atoms with Gasteiger partial charge in [0.05, 0.1) is 36.9 Å². The molecule has 2 heterocycles. The van der Waals surface area contributed by atoms with E-state index in [1.54, 1.807) is 47.6 Å². The summed E-state index contributed by atoms with van der Waals surface area (Å²) >= 11 is 0. The Morgan fingerprint density at radius 1 is 1.02 bits per heavy atom. The number of benzene rings is 1. The van der Waals surface area contributed by atoms with E-state index >= 15 is 0 Å². The number of aliphatic hydroxyl groups excluding tert-OH is 1. The number of hydrogen-bond acceptors (Lipinski definition) is 12. The minimum absolute atomic E-state index is 0.173. The topological polar surface area (TPSA) is 158 Å². The SMILES string of the molecule is CN1CC[C@]23c4c5ccc(CO)c4O[C@H]2C(OC(=O)CCC(=O)O[C@H](CC(=O)OC(C)(C)C)C(=O)OC(C)(C)C)=CC[C@@]3(O)[C@H]1C5. The van der Waals surface area contributed by atoms with E-state index in [2.05, 4.69) is 4.90 Å². The summed E-state index contributed by atoms with van der Waals surface area (Å²) in [6, 6.07) is 3.64. The molecule has 0 radical (unpaired) electrons. The van der Waals surface area contributed by atoms with Crippen LogP contribution < -0.4 is 4.74 Å². The van der Waals surface area contributed by atoms with Gasteiger partial charge in [-0.3, -0.25) is 14.4 Å². The lowest BCUT2D eigenvalue weighted by Gasteiger charge is -2.61. The number of hydrogen-bond donors (Lipinski definition) is 2. The van der Waals surface area contributed by atoms with Crippen LogP contribution in [0.15, 0.2) is 24.0 Å². The van der Waals surface area contributed by atoms with Gasteiger partial charge in [0.2, 0.25) is 6.10 Å². The second-order valence-electron chi connectivity index (χ2n) is 14.7. The van der Waals surface area contributed by atoms with E-state index in [9.17, 15) is 29.4 Å². The Morgan fingerprint density at radius 2 is 1.70 bits per heavy atom. The standard InChI is InChI=1S/C34H45NO11/c1-31(2,3)45-26(39)17-22(30(40)46-32(4,5)6)43-25(38)11-10-24(37)42-21-12-13-34(41)23-16-19-8-9-20(18-36)28-27(19)33(34,29(21)44-28)14-15-35(23)7/h8-9,12,22-23,29,36,41H,10-11,13-18H2,1-7H3/t22-,23-,29+,33+,34-/m1/s1. The Kier molecular flexibility index (Phi) is 8.80. The predicted molar refractivity (Wildman–Crippen MR) is 162 cm³/mol. The first kappa shape index (κ1) is 33.9. The third kappa shape index (κ3) is 6.14. The number of carbonyl (C=O) groups excluding carboxylic acids is 4. The Morgan fingerprint density at radius 3 is 2.35 bits per heavy atom. The normalized spacial score (nSPS) is 27.0. The van der Waals surface area contributed by atoms with Crippen LogP contribution in [-0.4, -0.2) is 87.6 Å². The zero-order valence-electron chi connectivity index (χ0n) is 27.6. The highest BCUT2D eigenvalue weighted by molar-refractivity contribution is 5.85. The third-order valence-electron chi connectivity index (χ3n) is 9.11. The van der Waals surface area contributed by atoms with Crippen molar-refractivity contribution in [3.8, 4) is 5.75 Å². The minimum Gasteiger partial charge on any atom is -0.481 e. The van der Waals surface area contributed by atoms with Crippen molar-refractivity contribution in [2.45, 2.75) is 127 Å². The molecule has 4 aliphatic rings. The summed E-state index contributed by atoms with van der Waals surface area (Å²) < 4.78 is 28.2. The van der Waals surface area contributed by atoms with E-state index in [0.717, 1.165) is 11.1 Å². The average Bonchev–Trinajstić information content (AvgIpc) is 3.29. The quantitative estimate of drug-likeness (QED) is 0.300. The van der Waals surface area contributed by atoms with Gasteiger partial charge in [-0.05, 0) is 79.6 Å². The summed E-state index contributed by atoms with van der Waals surface area (Å²) in [6.07, 6.45) is -0.607. The van der Waals surface area contributed by atoms with Crippen molar-refractivity contribution in [2.24, 2.45) is 0 Å². The molecule has 252 valence electrons. The molecule has 2 N–H and O–H groups in total. The molecular formula is C34H45NO11. The fourth-order valence-corrected chi connectivity index (χ4v) is 7.31. The van der Waals surface area contributed by atoms with Crippen LogP contribution in [0.5, 0.6) is 5.75 Å². The van der Waals surface area contributed by atoms with Gasteiger partial charge >= 0.3 is 23.9 Å². The summed E-state index contributed by atoms with van der Waals surface area (Å²) in [4.78, 5) is 53.3. The molecule has 12 nitrogen and oxygen atoms in total. The van der Waals surface area contributed by atoms with E-state index in [1.807, 2.05) is 19.2 Å². The lowest BCUT2D eigenvalue weighted by Crippen LogP contribution is -2.74. The molecule has 0 saturated carbocycles. The van der Waals surface area contributed by atoms with Gasteiger partial charge in [-0.1, -0.05) is 12.1 Å². The van der Waals surface area contributed by atoms with Crippen LogP contribution in [0.1, 0.15) is 90.3 Å². The maximum atomic E-state index is 13.1. The van der Waals surface area contributed by atoms with Gasteiger partial charge in [-0.15, -0.1) is 0 Å². The van der Waals surface area contributed by atoms with E-state index in [1.165, 1.54) is 0 Å². The maximum Gasteiger partial charge on any atom is 0.348 e. The van der Waals surface area contributed by atoms with Gasteiger partial charge in [0.25, 0.3) is 0 Å². The van der Waals surface area contributed by atoms with Gasteiger partial charge in [0, 0.05) is 23.6 Å². The van der Waals surface area contributed by atoms with Gasteiger partial charge < -0.3 is 38.8 Å². The predicted octanol–water partition coefficient (Wildman–Crippen LogP) is 2.77. The number of carbonyl (C=O) groups is 4.